The van der Waals surface area contributed by atoms with Gasteiger partial charge in [0.05, 0.1) is 19.0 Å². The fraction of sp³-hybridized carbons (Fsp3) is 0.167. The zero-order valence-electron chi connectivity index (χ0n) is 13.8. The smallest absolute Gasteiger partial charge is 0.350 e. The largest absolute Gasteiger partial charge is 0.465 e. The van der Waals surface area contributed by atoms with Crippen LogP contribution < -0.4 is 5.32 Å². The highest BCUT2D eigenvalue weighted by Crippen LogP contribution is 2.24. The molecule has 0 spiro atoms. The van der Waals surface area contributed by atoms with Gasteiger partial charge in [-0.15, -0.1) is 11.3 Å². The normalized spacial score (nSPS) is 10.5. The zero-order chi connectivity index (χ0) is 18.5. The number of anilines is 1. The fourth-order valence-electron chi connectivity index (χ4n) is 2.27. The molecule has 1 aromatic carbocycles. The number of methoxy groups -OCH3 is 1. The predicted molar refractivity (Wildman–Crippen MR) is 94.5 cm³/mol. The summed E-state index contributed by atoms with van der Waals surface area (Å²) in [4.78, 5) is 28.2. The quantitative estimate of drug-likeness (QED) is 0.662. The summed E-state index contributed by atoms with van der Waals surface area (Å²) < 4.78 is 23.2. The molecule has 1 N–H and O–H groups in total. The van der Waals surface area contributed by atoms with Crippen molar-refractivity contribution >= 4 is 28.9 Å². The number of ether oxygens (including phenoxy) is 1. The number of benzene rings is 1. The summed E-state index contributed by atoms with van der Waals surface area (Å²) in [6.45, 7) is 0. The number of carbonyl (C=O) groups excluding carboxylic acids is 2. The van der Waals surface area contributed by atoms with Gasteiger partial charge in [0.1, 0.15) is 10.7 Å². The van der Waals surface area contributed by atoms with Crippen LogP contribution in [0.4, 0.5) is 10.1 Å². The molecule has 0 saturated heterocycles. The molecule has 0 bridgehead atoms. The molecule has 2 heterocycles. The Hall–Kier alpha value is -3.00. The number of carbonyl (C=O) groups is 2. The second-order valence-corrected chi connectivity index (χ2v) is 6.24. The summed E-state index contributed by atoms with van der Waals surface area (Å²) in [6, 6.07) is 7.51. The standard InChI is InChI=1S/C18H15FN2O4S/c1-24-18(23)17-13(8-9-26-17)21-15(22)6-7-16-20-10-14(25-16)11-2-4-12(19)5-3-11/h2-5,8-10H,6-7H2,1H3,(H,21,22). The van der Waals surface area contributed by atoms with Crippen molar-refractivity contribution in [3.05, 3.63) is 58.5 Å². The summed E-state index contributed by atoms with van der Waals surface area (Å²) in [5, 5.41) is 4.38. The van der Waals surface area contributed by atoms with Gasteiger partial charge in [0.2, 0.25) is 5.91 Å². The van der Waals surface area contributed by atoms with Gasteiger partial charge in [0, 0.05) is 18.4 Å². The molecule has 3 aromatic rings. The third kappa shape index (κ3) is 4.15. The maximum Gasteiger partial charge on any atom is 0.350 e. The van der Waals surface area contributed by atoms with Gasteiger partial charge in [-0.1, -0.05) is 0 Å². The van der Waals surface area contributed by atoms with Gasteiger partial charge in [-0.05, 0) is 35.7 Å². The number of halogens is 1. The number of aromatic nitrogens is 1. The average Bonchev–Trinajstić information content (AvgIpc) is 3.29. The van der Waals surface area contributed by atoms with Gasteiger partial charge in [-0.3, -0.25) is 4.79 Å². The third-order valence-electron chi connectivity index (χ3n) is 3.56. The number of amides is 1. The number of rotatable bonds is 6. The number of nitrogens with zero attached hydrogens (tertiary/aromatic N) is 1. The van der Waals surface area contributed by atoms with E-state index in [-0.39, 0.29) is 18.1 Å². The summed E-state index contributed by atoms with van der Waals surface area (Å²) in [5.41, 5.74) is 1.13. The number of hydrogen-bond acceptors (Lipinski definition) is 6. The first kappa shape index (κ1) is 17.8. The highest BCUT2D eigenvalue weighted by atomic mass is 32.1. The van der Waals surface area contributed by atoms with Crippen molar-refractivity contribution in [3.8, 4) is 11.3 Å². The first-order valence-corrected chi connectivity index (χ1v) is 8.61. The first-order chi connectivity index (χ1) is 12.6. The summed E-state index contributed by atoms with van der Waals surface area (Å²) in [7, 11) is 1.29. The van der Waals surface area contributed by atoms with Crippen molar-refractivity contribution < 1.29 is 23.1 Å². The fourth-order valence-corrected chi connectivity index (χ4v) is 3.03. The van der Waals surface area contributed by atoms with Gasteiger partial charge >= 0.3 is 5.97 Å². The molecule has 6 nitrogen and oxygen atoms in total. The Morgan fingerprint density at radius 2 is 2.04 bits per heavy atom. The molecule has 2 aromatic heterocycles. The average molecular weight is 374 g/mol. The lowest BCUT2D eigenvalue weighted by Gasteiger charge is -2.04. The lowest BCUT2D eigenvalue weighted by atomic mass is 10.2. The molecule has 0 saturated carbocycles. The van der Waals surface area contributed by atoms with Gasteiger partial charge in [0.15, 0.2) is 11.7 Å². The maximum atomic E-state index is 13.0. The molecule has 0 radical (unpaired) electrons. The van der Waals surface area contributed by atoms with E-state index in [0.717, 1.165) is 0 Å². The molecule has 8 heteroatoms. The van der Waals surface area contributed by atoms with E-state index >= 15 is 0 Å². The molecule has 3 rings (SSSR count). The van der Waals surface area contributed by atoms with E-state index in [0.29, 0.717) is 34.2 Å². The Bertz CT molecular complexity index is 917. The van der Waals surface area contributed by atoms with Gasteiger partial charge in [-0.25, -0.2) is 14.2 Å². The van der Waals surface area contributed by atoms with Crippen LogP contribution in [0, 0.1) is 5.82 Å². The van der Waals surface area contributed by atoms with Crippen LogP contribution >= 0.6 is 11.3 Å². The topological polar surface area (TPSA) is 81.4 Å². The Morgan fingerprint density at radius 3 is 2.77 bits per heavy atom. The minimum Gasteiger partial charge on any atom is -0.465 e. The van der Waals surface area contributed by atoms with Crippen LogP contribution in [0.25, 0.3) is 11.3 Å². The molecule has 0 atom stereocenters. The molecule has 0 fully saturated rings. The molecule has 0 aliphatic rings. The third-order valence-corrected chi connectivity index (χ3v) is 4.45. The van der Waals surface area contributed by atoms with E-state index in [1.165, 1.54) is 36.8 Å². The van der Waals surface area contributed by atoms with Crippen LogP contribution in [0.5, 0.6) is 0 Å². The van der Waals surface area contributed by atoms with Crippen molar-refractivity contribution in [2.24, 2.45) is 0 Å². The monoisotopic (exact) mass is 374 g/mol. The van der Waals surface area contributed by atoms with Gasteiger partial charge < -0.3 is 14.5 Å². The van der Waals surface area contributed by atoms with E-state index < -0.39 is 5.97 Å². The van der Waals surface area contributed by atoms with Crippen molar-refractivity contribution in [3.63, 3.8) is 0 Å². The van der Waals surface area contributed by atoms with E-state index in [9.17, 15) is 14.0 Å². The highest BCUT2D eigenvalue weighted by molar-refractivity contribution is 7.12. The first-order valence-electron chi connectivity index (χ1n) is 7.73. The molecule has 134 valence electrons. The number of hydrogen-bond donors (Lipinski definition) is 1. The summed E-state index contributed by atoms with van der Waals surface area (Å²) in [6.07, 6.45) is 1.97. The van der Waals surface area contributed by atoms with Crippen LogP contribution in [0.3, 0.4) is 0 Å². The van der Waals surface area contributed by atoms with Crippen molar-refractivity contribution in [1.82, 2.24) is 4.98 Å². The van der Waals surface area contributed by atoms with Crippen LogP contribution in [0.15, 0.2) is 46.3 Å². The van der Waals surface area contributed by atoms with Crippen LogP contribution in [-0.4, -0.2) is 24.0 Å². The number of thiophene rings is 1. The van der Waals surface area contributed by atoms with E-state index in [1.54, 1.807) is 23.6 Å². The van der Waals surface area contributed by atoms with Crippen molar-refractivity contribution in [2.45, 2.75) is 12.8 Å². The molecular weight excluding hydrogens is 359 g/mol. The summed E-state index contributed by atoms with van der Waals surface area (Å²) >= 11 is 1.19. The number of oxazole rings is 1. The molecule has 26 heavy (non-hydrogen) atoms. The lowest BCUT2D eigenvalue weighted by Crippen LogP contribution is -2.14. The Morgan fingerprint density at radius 1 is 1.27 bits per heavy atom. The molecule has 0 unspecified atom stereocenters. The van der Waals surface area contributed by atoms with E-state index in [1.807, 2.05) is 0 Å². The predicted octanol–water partition coefficient (Wildman–Crippen LogP) is 3.90. The van der Waals surface area contributed by atoms with Gasteiger partial charge in [-0.2, -0.15) is 0 Å². The van der Waals surface area contributed by atoms with Gasteiger partial charge in [0.25, 0.3) is 0 Å². The lowest BCUT2D eigenvalue weighted by molar-refractivity contribution is -0.116. The molecule has 0 aliphatic carbocycles. The second kappa shape index (κ2) is 7.92. The molecule has 1 amide bonds. The minimum absolute atomic E-state index is 0.139. The minimum atomic E-state index is -0.494. The zero-order valence-corrected chi connectivity index (χ0v) is 14.6. The Balaban J connectivity index is 1.58. The maximum absolute atomic E-state index is 13.0. The molecular formula is C18H15FN2O4S. The van der Waals surface area contributed by atoms with E-state index in [2.05, 4.69) is 15.0 Å². The summed E-state index contributed by atoms with van der Waals surface area (Å²) in [5.74, 6) is -0.184. The van der Waals surface area contributed by atoms with Crippen molar-refractivity contribution in [2.75, 3.05) is 12.4 Å². The van der Waals surface area contributed by atoms with Crippen molar-refractivity contribution in [1.29, 1.82) is 0 Å². The Kier molecular flexibility index (Phi) is 5.43. The number of aryl methyl sites for hydroxylation is 1. The van der Waals surface area contributed by atoms with Crippen LogP contribution in [-0.2, 0) is 16.0 Å². The van der Waals surface area contributed by atoms with Crippen LogP contribution in [0.2, 0.25) is 0 Å². The highest BCUT2D eigenvalue weighted by Gasteiger charge is 2.16. The number of nitrogens with one attached hydrogen (secondary N) is 1. The van der Waals surface area contributed by atoms with Crippen LogP contribution in [0.1, 0.15) is 22.0 Å². The number of esters is 1. The SMILES string of the molecule is COC(=O)c1sccc1NC(=O)CCc1ncc(-c2ccc(F)cc2)o1. The molecule has 0 aliphatic heterocycles. The van der Waals surface area contributed by atoms with E-state index in [4.69, 9.17) is 4.42 Å². The Labute approximate surface area is 152 Å². The second-order valence-electron chi connectivity index (χ2n) is 5.33.